The average molecular weight is 504 g/mol. The van der Waals surface area contributed by atoms with Crippen molar-refractivity contribution in [1.29, 1.82) is 0 Å². The molecule has 1 saturated heterocycles. The molecule has 3 rings (SSSR count). The van der Waals surface area contributed by atoms with Crippen LogP contribution in [-0.2, 0) is 19.6 Å². The van der Waals surface area contributed by atoms with Gasteiger partial charge < -0.3 is 10.1 Å². The minimum atomic E-state index is -4.31. The lowest BCUT2D eigenvalue weighted by atomic mass is 10.2. The largest absolute Gasteiger partial charge is 0.379 e. The molecule has 0 spiro atoms. The second-order valence-corrected chi connectivity index (χ2v) is 9.96. The van der Waals surface area contributed by atoms with Crippen LogP contribution in [0.3, 0.4) is 0 Å². The molecule has 0 aromatic heterocycles. The summed E-state index contributed by atoms with van der Waals surface area (Å²) in [5, 5.41) is 3.23. The van der Waals surface area contributed by atoms with Gasteiger partial charge in [0, 0.05) is 36.2 Å². The van der Waals surface area contributed by atoms with Crippen LogP contribution in [0.25, 0.3) is 0 Å². The van der Waals surface area contributed by atoms with Crippen molar-refractivity contribution in [3.63, 3.8) is 0 Å². The van der Waals surface area contributed by atoms with E-state index >= 15 is 0 Å². The molecule has 174 valence electrons. The molecule has 7 nitrogen and oxygen atoms in total. The fraction of sp³-hybridized carbons (Fsp3) is 0.381. The molecule has 0 saturated carbocycles. The molecule has 1 heterocycles. The maximum Gasteiger partial charge on any atom is 0.265 e. The number of hydrogen-bond donors (Lipinski definition) is 1. The monoisotopic (exact) mass is 503 g/mol. The zero-order valence-corrected chi connectivity index (χ0v) is 19.8. The van der Waals surface area contributed by atoms with Crippen molar-refractivity contribution in [2.45, 2.75) is 17.9 Å². The molecule has 2 aromatic rings. The zero-order valence-electron chi connectivity index (χ0n) is 17.4. The van der Waals surface area contributed by atoms with E-state index in [1.807, 2.05) is 0 Å². The minimum absolute atomic E-state index is 0.130. The van der Waals surface area contributed by atoms with Gasteiger partial charge in [-0.2, -0.15) is 0 Å². The number of nitrogens with one attached hydrogen (secondary N) is 1. The molecule has 0 aliphatic carbocycles. The zero-order chi connectivity index (χ0) is 23.3. The van der Waals surface area contributed by atoms with E-state index in [4.69, 9.17) is 27.9 Å². The van der Waals surface area contributed by atoms with Crippen molar-refractivity contribution >= 4 is 44.8 Å². The second-order valence-electron chi connectivity index (χ2n) is 7.27. The highest BCUT2D eigenvalue weighted by atomic mass is 35.5. The van der Waals surface area contributed by atoms with Gasteiger partial charge in [-0.1, -0.05) is 23.2 Å². The lowest BCUT2D eigenvalue weighted by Crippen LogP contribution is -2.50. The van der Waals surface area contributed by atoms with Crippen LogP contribution < -0.4 is 9.62 Å². The van der Waals surface area contributed by atoms with Gasteiger partial charge in [0.2, 0.25) is 5.91 Å². The van der Waals surface area contributed by atoms with Gasteiger partial charge in [0.25, 0.3) is 10.0 Å². The Kier molecular flexibility index (Phi) is 8.35. The molecule has 1 aliphatic heterocycles. The Hall–Kier alpha value is -1.91. The highest BCUT2D eigenvalue weighted by molar-refractivity contribution is 7.93. The lowest BCUT2D eigenvalue weighted by Gasteiger charge is -2.31. The molecule has 1 unspecified atom stereocenters. The van der Waals surface area contributed by atoms with Gasteiger partial charge in [0.15, 0.2) is 0 Å². The van der Waals surface area contributed by atoms with E-state index in [1.54, 1.807) is 0 Å². The Labute approximate surface area is 197 Å². The Bertz CT molecular complexity index is 1050. The summed E-state index contributed by atoms with van der Waals surface area (Å²) in [6.07, 6.45) is 0. The van der Waals surface area contributed by atoms with Crippen molar-refractivity contribution in [3.05, 3.63) is 58.3 Å². The molecule has 32 heavy (non-hydrogen) atoms. The van der Waals surface area contributed by atoms with Crippen molar-refractivity contribution in [2.24, 2.45) is 0 Å². The van der Waals surface area contributed by atoms with E-state index in [-0.39, 0.29) is 15.6 Å². The number of benzene rings is 2. The SMILES string of the molecule is CC(C(=O)NCCN1CCOCC1)N(c1cc(Cl)ccc1F)S(=O)(=O)c1ccc(Cl)cc1. The third kappa shape index (κ3) is 5.90. The number of amides is 1. The van der Waals surface area contributed by atoms with E-state index in [9.17, 15) is 17.6 Å². The molecule has 0 bridgehead atoms. The molecule has 2 aromatic carbocycles. The van der Waals surface area contributed by atoms with E-state index in [0.717, 1.165) is 23.5 Å². The summed E-state index contributed by atoms with van der Waals surface area (Å²) in [7, 11) is -4.31. The molecule has 1 atom stereocenters. The van der Waals surface area contributed by atoms with Crippen LogP contribution in [0, 0.1) is 5.82 Å². The highest BCUT2D eigenvalue weighted by Crippen LogP contribution is 2.31. The number of halogens is 3. The third-order valence-corrected chi connectivity index (χ3v) is 7.46. The number of ether oxygens (including phenoxy) is 1. The first-order valence-corrected chi connectivity index (χ1v) is 12.2. The van der Waals surface area contributed by atoms with Gasteiger partial charge in [-0.3, -0.25) is 14.0 Å². The van der Waals surface area contributed by atoms with Gasteiger partial charge >= 0.3 is 0 Å². The fourth-order valence-corrected chi connectivity index (χ4v) is 5.25. The molecule has 1 aliphatic rings. The number of morpholine rings is 1. The fourth-order valence-electron chi connectivity index (χ4n) is 3.34. The molecule has 1 fully saturated rings. The van der Waals surface area contributed by atoms with Crippen molar-refractivity contribution < 1.29 is 22.3 Å². The number of carbonyl (C=O) groups is 1. The third-order valence-electron chi connectivity index (χ3n) is 5.08. The standard InChI is InChI=1S/C21H24Cl2FN3O4S/c1-15(21(28)25-8-9-26-10-12-31-13-11-26)27(20-14-17(23)4-7-19(20)24)32(29,30)18-5-2-16(22)3-6-18/h2-7,14-15H,8-13H2,1H3,(H,25,28). The Morgan fingerprint density at radius 3 is 2.44 bits per heavy atom. The topological polar surface area (TPSA) is 79.0 Å². The average Bonchev–Trinajstić information content (AvgIpc) is 2.77. The lowest BCUT2D eigenvalue weighted by molar-refractivity contribution is -0.121. The molecular weight excluding hydrogens is 480 g/mol. The molecule has 1 N–H and O–H groups in total. The first kappa shape index (κ1) is 24.7. The minimum Gasteiger partial charge on any atom is -0.379 e. The smallest absolute Gasteiger partial charge is 0.265 e. The van der Waals surface area contributed by atoms with Gasteiger partial charge in [0.1, 0.15) is 11.9 Å². The first-order chi connectivity index (χ1) is 15.2. The van der Waals surface area contributed by atoms with Crippen LogP contribution in [0.1, 0.15) is 6.92 Å². The second kappa shape index (κ2) is 10.8. The Morgan fingerprint density at radius 1 is 1.16 bits per heavy atom. The maximum atomic E-state index is 14.7. The highest BCUT2D eigenvalue weighted by Gasteiger charge is 2.35. The van der Waals surface area contributed by atoms with Gasteiger partial charge in [0.05, 0.1) is 23.8 Å². The Balaban J connectivity index is 1.87. The van der Waals surface area contributed by atoms with Crippen LogP contribution in [0.4, 0.5) is 10.1 Å². The van der Waals surface area contributed by atoms with E-state index in [0.29, 0.717) is 31.3 Å². The molecular formula is C21H24Cl2FN3O4S. The quantitative estimate of drug-likeness (QED) is 0.598. The van der Waals surface area contributed by atoms with Crippen LogP contribution >= 0.6 is 23.2 Å². The van der Waals surface area contributed by atoms with Crippen LogP contribution in [0.2, 0.25) is 10.0 Å². The number of anilines is 1. The molecule has 1 amide bonds. The molecule has 0 radical (unpaired) electrons. The van der Waals surface area contributed by atoms with Crippen molar-refractivity contribution in [2.75, 3.05) is 43.7 Å². The van der Waals surface area contributed by atoms with E-state index in [2.05, 4.69) is 10.2 Å². The van der Waals surface area contributed by atoms with Gasteiger partial charge in [-0.15, -0.1) is 0 Å². The number of rotatable bonds is 8. The molecule has 11 heteroatoms. The van der Waals surface area contributed by atoms with Gasteiger partial charge in [-0.25, -0.2) is 12.8 Å². The summed E-state index contributed by atoms with van der Waals surface area (Å²) in [5.74, 6) is -1.38. The van der Waals surface area contributed by atoms with Crippen molar-refractivity contribution in [3.8, 4) is 0 Å². The summed E-state index contributed by atoms with van der Waals surface area (Å²) < 4.78 is 47.7. The van der Waals surface area contributed by atoms with Gasteiger partial charge in [-0.05, 0) is 49.4 Å². The normalized spacial score (nSPS) is 15.9. The first-order valence-electron chi connectivity index (χ1n) is 10.0. The Morgan fingerprint density at radius 2 is 1.78 bits per heavy atom. The number of nitrogens with zero attached hydrogens (tertiary/aromatic N) is 2. The predicted octanol–water partition coefficient (Wildman–Crippen LogP) is 3.16. The van der Waals surface area contributed by atoms with E-state index < -0.39 is 27.8 Å². The van der Waals surface area contributed by atoms with Crippen LogP contribution in [0.5, 0.6) is 0 Å². The summed E-state index contributed by atoms with van der Waals surface area (Å²) in [5.41, 5.74) is -0.316. The number of carbonyl (C=O) groups excluding carboxylic acids is 1. The number of hydrogen-bond acceptors (Lipinski definition) is 5. The predicted molar refractivity (Wildman–Crippen MR) is 122 cm³/mol. The van der Waals surface area contributed by atoms with Crippen LogP contribution in [-0.4, -0.2) is 64.7 Å². The maximum absolute atomic E-state index is 14.7. The van der Waals surface area contributed by atoms with E-state index in [1.165, 1.54) is 43.3 Å². The number of sulfonamides is 1. The summed E-state index contributed by atoms with van der Waals surface area (Å²) in [4.78, 5) is 14.9. The summed E-state index contributed by atoms with van der Waals surface area (Å²) in [6.45, 7) is 5.09. The van der Waals surface area contributed by atoms with Crippen molar-refractivity contribution in [1.82, 2.24) is 10.2 Å². The van der Waals surface area contributed by atoms with Crippen LogP contribution in [0.15, 0.2) is 47.4 Å². The summed E-state index contributed by atoms with van der Waals surface area (Å²) in [6, 6.07) is 7.73. The summed E-state index contributed by atoms with van der Waals surface area (Å²) >= 11 is 11.9.